The molecule has 1 atom stereocenters. The summed E-state index contributed by atoms with van der Waals surface area (Å²) in [6, 6.07) is 8.37. The summed E-state index contributed by atoms with van der Waals surface area (Å²) in [5.41, 5.74) is 2.47. The molecular weight excluding hydrogens is 312 g/mol. The van der Waals surface area contributed by atoms with Gasteiger partial charge in [0.15, 0.2) is 0 Å². The number of nitrogens with one attached hydrogen (secondary N) is 2. The van der Waals surface area contributed by atoms with Gasteiger partial charge in [0, 0.05) is 38.4 Å². The molecule has 138 valence electrons. The highest BCUT2D eigenvalue weighted by Crippen LogP contribution is 2.24. The van der Waals surface area contributed by atoms with Crippen LogP contribution in [-0.2, 0) is 6.54 Å². The van der Waals surface area contributed by atoms with Gasteiger partial charge in [-0.25, -0.2) is 4.79 Å². The van der Waals surface area contributed by atoms with Crippen molar-refractivity contribution >= 4 is 11.7 Å². The Bertz CT molecular complexity index is 556. The molecule has 2 N–H and O–H groups in total. The third-order valence-electron chi connectivity index (χ3n) is 5.34. The number of carbonyl (C=O) groups is 1. The molecule has 3 rings (SSSR count). The van der Waals surface area contributed by atoms with Gasteiger partial charge in [0.2, 0.25) is 0 Å². The van der Waals surface area contributed by atoms with E-state index in [0.29, 0.717) is 12.5 Å². The number of hydrogen-bond acceptors (Lipinski definition) is 3. The summed E-state index contributed by atoms with van der Waals surface area (Å²) in [6.45, 7) is 9.30. The molecule has 25 heavy (non-hydrogen) atoms. The van der Waals surface area contributed by atoms with Crippen LogP contribution in [0.15, 0.2) is 24.3 Å². The Hall–Kier alpha value is -1.75. The van der Waals surface area contributed by atoms with Gasteiger partial charge >= 0.3 is 6.03 Å². The second kappa shape index (κ2) is 9.09. The van der Waals surface area contributed by atoms with Crippen molar-refractivity contribution in [2.45, 2.75) is 39.2 Å². The van der Waals surface area contributed by atoms with Gasteiger partial charge in [-0.3, -0.25) is 0 Å². The fraction of sp³-hybridized carbons (Fsp3) is 0.650. The number of hydrogen-bond donors (Lipinski definition) is 2. The van der Waals surface area contributed by atoms with Gasteiger partial charge in [-0.05, 0) is 56.3 Å². The van der Waals surface area contributed by atoms with Crippen molar-refractivity contribution in [3.05, 3.63) is 29.8 Å². The van der Waals surface area contributed by atoms with E-state index >= 15 is 0 Å². The maximum absolute atomic E-state index is 12.2. The molecule has 2 aliphatic heterocycles. The molecule has 2 heterocycles. The van der Waals surface area contributed by atoms with E-state index in [4.69, 9.17) is 0 Å². The van der Waals surface area contributed by atoms with Crippen LogP contribution in [0.3, 0.4) is 0 Å². The molecule has 2 fully saturated rings. The van der Waals surface area contributed by atoms with Crippen molar-refractivity contribution in [2.75, 3.05) is 44.2 Å². The monoisotopic (exact) mass is 344 g/mol. The van der Waals surface area contributed by atoms with E-state index in [1.807, 2.05) is 0 Å². The van der Waals surface area contributed by atoms with Crippen molar-refractivity contribution in [1.82, 2.24) is 15.5 Å². The molecule has 1 aromatic carbocycles. The van der Waals surface area contributed by atoms with Crippen molar-refractivity contribution in [1.29, 1.82) is 0 Å². The Morgan fingerprint density at radius 2 is 1.96 bits per heavy atom. The molecule has 2 saturated heterocycles. The summed E-state index contributed by atoms with van der Waals surface area (Å²) in [4.78, 5) is 17.1. The normalized spacial score (nSPS) is 20.8. The average molecular weight is 345 g/mol. The number of carbonyl (C=O) groups excluding carboxylic acids is 1. The molecule has 0 spiro atoms. The zero-order chi connectivity index (χ0) is 17.5. The Balaban J connectivity index is 1.42. The van der Waals surface area contributed by atoms with Gasteiger partial charge < -0.3 is 20.4 Å². The van der Waals surface area contributed by atoms with E-state index in [2.05, 4.69) is 51.6 Å². The highest BCUT2D eigenvalue weighted by atomic mass is 16.2. The molecule has 1 aromatic rings. The molecule has 5 heteroatoms. The van der Waals surface area contributed by atoms with Crippen molar-refractivity contribution in [3.63, 3.8) is 0 Å². The van der Waals surface area contributed by atoms with E-state index in [1.54, 1.807) is 0 Å². The number of anilines is 1. The number of nitrogens with zero attached hydrogens (tertiary/aromatic N) is 2. The zero-order valence-corrected chi connectivity index (χ0v) is 15.5. The number of rotatable bonds is 7. The van der Waals surface area contributed by atoms with Crippen molar-refractivity contribution in [2.24, 2.45) is 5.92 Å². The van der Waals surface area contributed by atoms with Crippen LogP contribution in [0.4, 0.5) is 10.5 Å². The lowest BCUT2D eigenvalue weighted by molar-refractivity contribution is 0.238. The summed E-state index contributed by atoms with van der Waals surface area (Å²) >= 11 is 0. The zero-order valence-electron chi connectivity index (χ0n) is 15.5. The molecule has 0 bridgehead atoms. The molecule has 0 aromatic heterocycles. The first-order chi connectivity index (χ1) is 12.3. The minimum Gasteiger partial charge on any atom is -0.371 e. The first kappa shape index (κ1) is 18.1. The van der Waals surface area contributed by atoms with Gasteiger partial charge in [-0.2, -0.15) is 0 Å². The Labute approximate surface area is 151 Å². The van der Waals surface area contributed by atoms with E-state index in [1.165, 1.54) is 50.0 Å². The SMILES string of the molecule is CCCN1CC[C@@H](CNC(=O)NCc2ccccc2N2CCCC2)C1. The molecule has 2 amide bonds. The van der Waals surface area contributed by atoms with Crippen LogP contribution in [0, 0.1) is 5.92 Å². The van der Waals surface area contributed by atoms with Gasteiger partial charge in [0.25, 0.3) is 0 Å². The number of benzene rings is 1. The summed E-state index contributed by atoms with van der Waals surface area (Å²) in [5.74, 6) is 0.592. The van der Waals surface area contributed by atoms with Crippen LogP contribution in [0.1, 0.15) is 38.2 Å². The number of likely N-dealkylation sites (tertiary alicyclic amines) is 1. The van der Waals surface area contributed by atoms with Gasteiger partial charge in [0.1, 0.15) is 0 Å². The van der Waals surface area contributed by atoms with Crippen LogP contribution < -0.4 is 15.5 Å². The number of urea groups is 1. The molecule has 5 nitrogen and oxygen atoms in total. The summed E-state index contributed by atoms with van der Waals surface area (Å²) < 4.78 is 0. The summed E-state index contributed by atoms with van der Waals surface area (Å²) in [6.07, 6.45) is 4.92. The standard InChI is InChI=1S/C20H32N4O/c1-2-10-23-13-9-17(16-23)14-21-20(25)22-15-18-7-3-4-8-19(18)24-11-5-6-12-24/h3-4,7-8,17H,2,5-6,9-16H2,1H3,(H2,21,22,25)/t17-/m0/s1. The fourth-order valence-corrected chi connectivity index (χ4v) is 4.00. The van der Waals surface area contributed by atoms with E-state index in [0.717, 1.165) is 26.2 Å². The Morgan fingerprint density at radius 1 is 1.16 bits per heavy atom. The average Bonchev–Trinajstić information content (AvgIpc) is 3.31. The van der Waals surface area contributed by atoms with Crippen LogP contribution in [-0.4, -0.2) is 50.2 Å². The van der Waals surface area contributed by atoms with E-state index < -0.39 is 0 Å². The quantitative estimate of drug-likeness (QED) is 0.800. The van der Waals surface area contributed by atoms with Gasteiger partial charge in [-0.1, -0.05) is 25.1 Å². The highest BCUT2D eigenvalue weighted by molar-refractivity contribution is 5.74. The van der Waals surface area contributed by atoms with Crippen molar-refractivity contribution < 1.29 is 4.79 Å². The van der Waals surface area contributed by atoms with Crippen LogP contribution in [0.2, 0.25) is 0 Å². The van der Waals surface area contributed by atoms with Crippen LogP contribution in [0.25, 0.3) is 0 Å². The number of amides is 2. The largest absolute Gasteiger partial charge is 0.371 e. The van der Waals surface area contributed by atoms with E-state index in [-0.39, 0.29) is 6.03 Å². The first-order valence-electron chi connectivity index (χ1n) is 9.83. The molecule has 2 aliphatic rings. The topological polar surface area (TPSA) is 47.6 Å². The van der Waals surface area contributed by atoms with E-state index in [9.17, 15) is 4.79 Å². The number of para-hydroxylation sites is 1. The highest BCUT2D eigenvalue weighted by Gasteiger charge is 2.22. The second-order valence-electron chi connectivity index (χ2n) is 7.34. The first-order valence-corrected chi connectivity index (χ1v) is 9.83. The summed E-state index contributed by atoms with van der Waals surface area (Å²) in [5, 5.41) is 6.09. The molecular formula is C20H32N4O. The molecule has 0 unspecified atom stereocenters. The lowest BCUT2D eigenvalue weighted by atomic mass is 10.1. The molecule has 0 aliphatic carbocycles. The Morgan fingerprint density at radius 3 is 2.76 bits per heavy atom. The lowest BCUT2D eigenvalue weighted by Crippen LogP contribution is -2.38. The minimum atomic E-state index is -0.0508. The molecule has 0 saturated carbocycles. The van der Waals surface area contributed by atoms with Gasteiger partial charge in [-0.15, -0.1) is 0 Å². The summed E-state index contributed by atoms with van der Waals surface area (Å²) in [7, 11) is 0. The lowest BCUT2D eigenvalue weighted by Gasteiger charge is -2.21. The van der Waals surface area contributed by atoms with Crippen LogP contribution in [0.5, 0.6) is 0 Å². The fourth-order valence-electron chi connectivity index (χ4n) is 4.00. The predicted octanol–water partition coefficient (Wildman–Crippen LogP) is 2.82. The smallest absolute Gasteiger partial charge is 0.315 e. The van der Waals surface area contributed by atoms with Crippen LogP contribution >= 0.6 is 0 Å². The van der Waals surface area contributed by atoms with Gasteiger partial charge in [0.05, 0.1) is 0 Å². The second-order valence-corrected chi connectivity index (χ2v) is 7.34. The predicted molar refractivity (Wildman–Crippen MR) is 103 cm³/mol. The Kier molecular flexibility index (Phi) is 6.56. The van der Waals surface area contributed by atoms with Crippen molar-refractivity contribution in [3.8, 4) is 0 Å². The third-order valence-corrected chi connectivity index (χ3v) is 5.34. The third kappa shape index (κ3) is 5.11. The minimum absolute atomic E-state index is 0.0508. The maximum atomic E-state index is 12.2. The maximum Gasteiger partial charge on any atom is 0.315 e. The molecule has 0 radical (unpaired) electrons.